The summed E-state index contributed by atoms with van der Waals surface area (Å²) in [5.74, 6) is 1.43. The van der Waals surface area contributed by atoms with Crippen molar-refractivity contribution in [3.63, 3.8) is 0 Å². The number of nitrogens with zero attached hydrogens (tertiary/aromatic N) is 2. The highest BCUT2D eigenvalue weighted by Crippen LogP contribution is 2.17. The van der Waals surface area contributed by atoms with Crippen LogP contribution in [-0.2, 0) is 6.54 Å². The molecule has 0 radical (unpaired) electrons. The zero-order valence-electron chi connectivity index (χ0n) is 12.5. The van der Waals surface area contributed by atoms with E-state index in [0.717, 1.165) is 11.3 Å². The van der Waals surface area contributed by atoms with E-state index in [1.807, 2.05) is 31.2 Å². The molecule has 5 heteroatoms. The van der Waals surface area contributed by atoms with Gasteiger partial charge in [0, 0.05) is 0 Å². The average Bonchev–Trinajstić information content (AvgIpc) is 2.53. The Balaban J connectivity index is 2.08. The number of anilines is 1. The number of ether oxygens (including phenoxy) is 1. The Morgan fingerprint density at radius 3 is 2.59 bits per heavy atom. The molecule has 5 nitrogen and oxygen atoms in total. The van der Waals surface area contributed by atoms with Crippen molar-refractivity contribution in [1.82, 2.24) is 9.55 Å². The Hall–Kier alpha value is -2.82. The summed E-state index contributed by atoms with van der Waals surface area (Å²) in [6, 6.07) is 12.9. The zero-order chi connectivity index (χ0) is 15.7. The molecule has 1 heterocycles. The van der Waals surface area contributed by atoms with Gasteiger partial charge < -0.3 is 10.5 Å². The molecule has 22 heavy (non-hydrogen) atoms. The van der Waals surface area contributed by atoms with Gasteiger partial charge in [0.15, 0.2) is 0 Å². The third-order valence-electron chi connectivity index (χ3n) is 3.71. The maximum Gasteiger partial charge on any atom is 0.261 e. The number of methoxy groups -OCH3 is 1. The van der Waals surface area contributed by atoms with Crippen LogP contribution in [-0.4, -0.2) is 16.7 Å². The predicted molar refractivity (Wildman–Crippen MR) is 87.2 cm³/mol. The van der Waals surface area contributed by atoms with Crippen LogP contribution in [0.4, 0.5) is 5.69 Å². The van der Waals surface area contributed by atoms with E-state index in [1.54, 1.807) is 29.9 Å². The fourth-order valence-electron chi connectivity index (χ4n) is 2.47. The first kappa shape index (κ1) is 14.1. The van der Waals surface area contributed by atoms with Crippen LogP contribution in [0.2, 0.25) is 0 Å². The van der Waals surface area contributed by atoms with Crippen molar-refractivity contribution in [3.8, 4) is 5.75 Å². The van der Waals surface area contributed by atoms with Gasteiger partial charge in [0.25, 0.3) is 5.56 Å². The second-order valence-corrected chi connectivity index (χ2v) is 5.14. The molecule has 0 aliphatic heterocycles. The molecule has 3 aromatic rings. The smallest absolute Gasteiger partial charge is 0.261 e. The fraction of sp³-hybridized carbons (Fsp3) is 0.176. The number of aromatic nitrogens is 2. The molecule has 0 saturated carbocycles. The van der Waals surface area contributed by atoms with E-state index < -0.39 is 0 Å². The van der Waals surface area contributed by atoms with Crippen LogP contribution in [0.1, 0.15) is 11.4 Å². The minimum atomic E-state index is -0.0781. The summed E-state index contributed by atoms with van der Waals surface area (Å²) in [5.41, 5.74) is 7.92. The molecular formula is C17H17N3O2. The van der Waals surface area contributed by atoms with Gasteiger partial charge in [0.1, 0.15) is 17.1 Å². The number of para-hydroxylation sites is 1. The largest absolute Gasteiger partial charge is 0.497 e. The predicted octanol–water partition coefficient (Wildman–Crippen LogP) is 2.34. The number of rotatable bonds is 3. The van der Waals surface area contributed by atoms with Gasteiger partial charge in [-0.25, -0.2) is 4.98 Å². The molecule has 0 aliphatic carbocycles. The van der Waals surface area contributed by atoms with E-state index in [1.165, 1.54) is 0 Å². The zero-order valence-corrected chi connectivity index (χ0v) is 12.5. The summed E-state index contributed by atoms with van der Waals surface area (Å²) < 4.78 is 6.80. The average molecular weight is 295 g/mol. The quantitative estimate of drug-likeness (QED) is 0.753. The first-order valence-electron chi connectivity index (χ1n) is 6.98. The molecule has 0 saturated heterocycles. The first-order valence-corrected chi connectivity index (χ1v) is 6.98. The third kappa shape index (κ3) is 2.41. The fourth-order valence-corrected chi connectivity index (χ4v) is 2.47. The molecule has 2 aromatic carbocycles. The Bertz CT molecular complexity index is 883. The Kier molecular flexibility index (Phi) is 3.55. The monoisotopic (exact) mass is 295 g/mol. The van der Waals surface area contributed by atoms with Crippen LogP contribution in [0.5, 0.6) is 5.75 Å². The van der Waals surface area contributed by atoms with Crippen molar-refractivity contribution in [2.75, 3.05) is 12.8 Å². The lowest BCUT2D eigenvalue weighted by atomic mass is 10.2. The number of hydrogen-bond acceptors (Lipinski definition) is 4. The summed E-state index contributed by atoms with van der Waals surface area (Å²) in [4.78, 5) is 17.2. The Morgan fingerprint density at radius 1 is 1.18 bits per heavy atom. The topological polar surface area (TPSA) is 70.1 Å². The number of nitrogens with two attached hydrogens (primary N) is 1. The van der Waals surface area contributed by atoms with Gasteiger partial charge in [0.05, 0.1) is 24.7 Å². The van der Waals surface area contributed by atoms with Gasteiger partial charge in [0.2, 0.25) is 0 Å². The maximum absolute atomic E-state index is 12.7. The Labute approximate surface area is 128 Å². The number of fused-ring (bicyclic) bond motifs is 1. The van der Waals surface area contributed by atoms with Crippen molar-refractivity contribution >= 4 is 16.6 Å². The molecule has 0 amide bonds. The molecule has 1 aromatic heterocycles. The third-order valence-corrected chi connectivity index (χ3v) is 3.71. The van der Waals surface area contributed by atoms with Gasteiger partial charge in [-0.3, -0.25) is 9.36 Å². The molecule has 0 fully saturated rings. The van der Waals surface area contributed by atoms with E-state index in [-0.39, 0.29) is 5.56 Å². The summed E-state index contributed by atoms with van der Waals surface area (Å²) in [6.45, 7) is 2.28. The minimum absolute atomic E-state index is 0.0781. The van der Waals surface area contributed by atoms with Gasteiger partial charge in [-0.05, 0) is 36.8 Å². The summed E-state index contributed by atoms with van der Waals surface area (Å²) in [7, 11) is 1.63. The highest BCUT2D eigenvalue weighted by atomic mass is 16.5. The van der Waals surface area contributed by atoms with Crippen LogP contribution in [0.25, 0.3) is 10.9 Å². The molecule has 0 bridgehead atoms. The maximum atomic E-state index is 12.7. The Morgan fingerprint density at radius 2 is 1.91 bits per heavy atom. The molecule has 3 rings (SSSR count). The molecule has 0 aliphatic rings. The van der Waals surface area contributed by atoms with E-state index in [2.05, 4.69) is 4.98 Å². The summed E-state index contributed by atoms with van der Waals surface area (Å²) >= 11 is 0. The van der Waals surface area contributed by atoms with Gasteiger partial charge in [-0.1, -0.05) is 18.2 Å². The molecule has 0 spiro atoms. The van der Waals surface area contributed by atoms with Crippen molar-refractivity contribution in [2.45, 2.75) is 13.5 Å². The van der Waals surface area contributed by atoms with Crippen molar-refractivity contribution in [3.05, 3.63) is 64.2 Å². The molecule has 2 N–H and O–H groups in total. The lowest BCUT2D eigenvalue weighted by Gasteiger charge is -2.12. The van der Waals surface area contributed by atoms with E-state index >= 15 is 0 Å². The summed E-state index contributed by atoms with van der Waals surface area (Å²) in [6.07, 6.45) is 0. The van der Waals surface area contributed by atoms with E-state index in [0.29, 0.717) is 29.0 Å². The molecule has 0 unspecified atom stereocenters. The number of hydrogen-bond donors (Lipinski definition) is 1. The SMILES string of the molecule is COc1ccc(Cn2c(C)nc3c(N)cccc3c2=O)cc1. The standard InChI is InChI=1S/C17H17N3O2/c1-11-19-16-14(4-3-5-15(16)18)17(21)20(11)10-12-6-8-13(22-2)9-7-12/h3-9H,10,18H2,1-2H3. The normalized spacial score (nSPS) is 10.8. The first-order chi connectivity index (χ1) is 10.6. The van der Waals surface area contributed by atoms with Gasteiger partial charge in [-0.15, -0.1) is 0 Å². The second kappa shape index (κ2) is 5.52. The van der Waals surface area contributed by atoms with Gasteiger partial charge >= 0.3 is 0 Å². The van der Waals surface area contributed by atoms with Crippen LogP contribution >= 0.6 is 0 Å². The van der Waals surface area contributed by atoms with Crippen LogP contribution in [0.15, 0.2) is 47.3 Å². The molecular weight excluding hydrogens is 278 g/mol. The number of benzene rings is 2. The van der Waals surface area contributed by atoms with Crippen LogP contribution in [0, 0.1) is 6.92 Å². The highest BCUT2D eigenvalue weighted by molar-refractivity contribution is 5.88. The number of nitrogen functional groups attached to an aromatic ring is 1. The highest BCUT2D eigenvalue weighted by Gasteiger charge is 2.10. The lowest BCUT2D eigenvalue weighted by molar-refractivity contribution is 0.414. The second-order valence-electron chi connectivity index (χ2n) is 5.14. The van der Waals surface area contributed by atoms with E-state index in [9.17, 15) is 4.79 Å². The molecule has 0 atom stereocenters. The van der Waals surface area contributed by atoms with Gasteiger partial charge in [-0.2, -0.15) is 0 Å². The molecule has 112 valence electrons. The van der Waals surface area contributed by atoms with Crippen molar-refractivity contribution in [2.24, 2.45) is 0 Å². The number of aryl methyl sites for hydroxylation is 1. The van der Waals surface area contributed by atoms with Crippen LogP contribution < -0.4 is 16.0 Å². The van der Waals surface area contributed by atoms with Crippen molar-refractivity contribution in [1.29, 1.82) is 0 Å². The minimum Gasteiger partial charge on any atom is -0.497 e. The van der Waals surface area contributed by atoms with E-state index in [4.69, 9.17) is 10.5 Å². The summed E-state index contributed by atoms with van der Waals surface area (Å²) in [5, 5.41) is 0.541. The van der Waals surface area contributed by atoms with Crippen molar-refractivity contribution < 1.29 is 4.74 Å². The lowest BCUT2D eigenvalue weighted by Crippen LogP contribution is -2.24. The van der Waals surface area contributed by atoms with Crippen LogP contribution in [0.3, 0.4) is 0 Å².